The molecule has 0 spiro atoms. The van der Waals surface area contributed by atoms with Crippen LogP contribution in [0.1, 0.15) is 93.9 Å². The molecule has 2 aromatic rings. The maximum Gasteiger partial charge on any atom is 0.225 e. The van der Waals surface area contributed by atoms with Gasteiger partial charge in [-0.2, -0.15) is 4.98 Å². The van der Waals surface area contributed by atoms with Gasteiger partial charge in [-0.05, 0) is 62.7 Å². The average molecular weight is 547 g/mol. The Morgan fingerprint density at radius 3 is 2.15 bits per heavy atom. The molecule has 1 saturated carbocycles. The summed E-state index contributed by atoms with van der Waals surface area (Å²) in [5.41, 5.74) is 3.78. The molecule has 0 atom stereocenters. The number of aryl methyl sites for hydroxylation is 2. The zero-order chi connectivity index (χ0) is 27.4. The van der Waals surface area contributed by atoms with E-state index < -0.39 is 0 Å². The fourth-order valence-electron chi connectivity index (χ4n) is 6.88. The molecule has 0 unspecified atom stereocenters. The smallest absolute Gasteiger partial charge is 0.225 e. The Labute approximate surface area is 243 Å². The molecular weight excluding hydrogens is 492 g/mol. The second-order valence-electron chi connectivity index (χ2n) is 12.7. The van der Waals surface area contributed by atoms with Crippen molar-refractivity contribution in [3.63, 3.8) is 0 Å². The number of anilines is 2. The van der Waals surface area contributed by atoms with E-state index in [1.54, 1.807) is 0 Å². The Balaban J connectivity index is 0.994. The monoisotopic (exact) mass is 546 g/mol. The molecule has 0 bridgehead atoms. The lowest BCUT2D eigenvalue weighted by atomic mass is 9.85. The molecule has 220 valence electrons. The van der Waals surface area contributed by atoms with Crippen molar-refractivity contribution >= 4 is 11.8 Å². The van der Waals surface area contributed by atoms with Crippen molar-refractivity contribution in [3.05, 3.63) is 47.2 Å². The van der Waals surface area contributed by atoms with Crippen LogP contribution in [0, 0.1) is 12.8 Å². The molecule has 1 N–H and O–H groups in total. The Morgan fingerprint density at radius 1 is 0.725 bits per heavy atom. The molecular formula is C34H54N6. The second kappa shape index (κ2) is 15.7. The van der Waals surface area contributed by atoms with E-state index in [1.165, 1.54) is 121 Å². The van der Waals surface area contributed by atoms with Crippen molar-refractivity contribution in [1.29, 1.82) is 0 Å². The standard InChI is InChI=1S/C34H54N6/c1-29-27-33(40-25-23-39(24-26-40)22-21-38-19-9-10-20-38)37-34(36-29)35-28-32-17-15-31(16-18-32)14-6-3-2-5-11-30-12-7-4-8-13-30/h15-18,27,30H,2-14,19-26,28H2,1H3,(H,35,36,37). The van der Waals surface area contributed by atoms with Gasteiger partial charge in [-0.3, -0.25) is 4.90 Å². The zero-order valence-electron chi connectivity index (χ0n) is 25.3. The van der Waals surface area contributed by atoms with E-state index >= 15 is 0 Å². The summed E-state index contributed by atoms with van der Waals surface area (Å²) >= 11 is 0. The molecule has 2 aliphatic heterocycles. The summed E-state index contributed by atoms with van der Waals surface area (Å²) in [4.78, 5) is 17.2. The van der Waals surface area contributed by atoms with Crippen LogP contribution in [-0.4, -0.2) is 72.1 Å². The highest BCUT2D eigenvalue weighted by atomic mass is 15.3. The quantitative estimate of drug-likeness (QED) is 0.267. The summed E-state index contributed by atoms with van der Waals surface area (Å²) in [5, 5.41) is 3.49. The van der Waals surface area contributed by atoms with Crippen molar-refractivity contribution in [2.24, 2.45) is 5.92 Å². The highest BCUT2D eigenvalue weighted by Crippen LogP contribution is 2.28. The highest BCUT2D eigenvalue weighted by Gasteiger charge is 2.20. The van der Waals surface area contributed by atoms with Crippen LogP contribution in [0.25, 0.3) is 0 Å². The van der Waals surface area contributed by atoms with E-state index in [9.17, 15) is 0 Å². The number of nitrogens with zero attached hydrogens (tertiary/aromatic N) is 5. The minimum absolute atomic E-state index is 0.740. The molecule has 6 nitrogen and oxygen atoms in total. The number of unbranched alkanes of at least 4 members (excludes halogenated alkanes) is 3. The largest absolute Gasteiger partial charge is 0.354 e. The lowest BCUT2D eigenvalue weighted by Crippen LogP contribution is -2.48. The predicted octanol–water partition coefficient (Wildman–Crippen LogP) is 6.69. The number of hydrogen-bond acceptors (Lipinski definition) is 6. The third-order valence-corrected chi connectivity index (χ3v) is 9.49. The number of likely N-dealkylation sites (tertiary alicyclic amines) is 1. The first-order chi connectivity index (χ1) is 19.7. The zero-order valence-corrected chi connectivity index (χ0v) is 25.3. The average Bonchev–Trinajstić information content (AvgIpc) is 3.52. The molecule has 1 aliphatic carbocycles. The van der Waals surface area contributed by atoms with Gasteiger partial charge in [0.05, 0.1) is 0 Å². The van der Waals surface area contributed by atoms with Crippen LogP contribution in [0.15, 0.2) is 30.3 Å². The lowest BCUT2D eigenvalue weighted by molar-refractivity contribution is 0.215. The number of aromatic nitrogens is 2. The molecule has 2 saturated heterocycles. The fraction of sp³-hybridized carbons (Fsp3) is 0.706. The van der Waals surface area contributed by atoms with Gasteiger partial charge < -0.3 is 15.1 Å². The van der Waals surface area contributed by atoms with Gasteiger partial charge >= 0.3 is 0 Å². The van der Waals surface area contributed by atoms with E-state index in [0.717, 1.165) is 56.1 Å². The molecule has 1 aromatic heterocycles. The van der Waals surface area contributed by atoms with Crippen LogP contribution in [0.5, 0.6) is 0 Å². The molecule has 5 rings (SSSR count). The first-order valence-corrected chi connectivity index (χ1v) is 16.6. The van der Waals surface area contributed by atoms with Crippen molar-refractivity contribution in [2.75, 3.05) is 62.6 Å². The van der Waals surface area contributed by atoms with Gasteiger partial charge in [-0.25, -0.2) is 4.98 Å². The minimum Gasteiger partial charge on any atom is -0.354 e. The Morgan fingerprint density at radius 2 is 1.40 bits per heavy atom. The van der Waals surface area contributed by atoms with Gasteiger partial charge in [0, 0.05) is 57.6 Å². The molecule has 3 aliphatic rings. The van der Waals surface area contributed by atoms with Crippen LogP contribution >= 0.6 is 0 Å². The highest BCUT2D eigenvalue weighted by molar-refractivity contribution is 5.45. The van der Waals surface area contributed by atoms with Crippen molar-refractivity contribution < 1.29 is 0 Å². The Kier molecular flexibility index (Phi) is 11.5. The normalized spacial score (nSPS) is 19.4. The molecule has 3 heterocycles. The number of hydrogen-bond donors (Lipinski definition) is 1. The first kappa shape index (κ1) is 29.3. The van der Waals surface area contributed by atoms with Gasteiger partial charge in [0.2, 0.25) is 5.95 Å². The van der Waals surface area contributed by atoms with Gasteiger partial charge in [0.25, 0.3) is 0 Å². The Bertz CT molecular complexity index is 988. The molecule has 6 heteroatoms. The first-order valence-electron chi connectivity index (χ1n) is 16.6. The van der Waals surface area contributed by atoms with Crippen molar-refractivity contribution in [3.8, 4) is 0 Å². The van der Waals surface area contributed by atoms with Crippen LogP contribution in [-0.2, 0) is 13.0 Å². The summed E-state index contributed by atoms with van der Waals surface area (Å²) in [6, 6.07) is 11.3. The van der Waals surface area contributed by atoms with Gasteiger partial charge in [-0.15, -0.1) is 0 Å². The van der Waals surface area contributed by atoms with E-state index in [-0.39, 0.29) is 0 Å². The summed E-state index contributed by atoms with van der Waals surface area (Å²) in [7, 11) is 0. The SMILES string of the molecule is Cc1cc(N2CCN(CCN3CCCC3)CC2)nc(NCc2ccc(CCCCCCC3CCCCC3)cc2)n1. The molecule has 0 amide bonds. The van der Waals surface area contributed by atoms with E-state index in [1.807, 2.05) is 0 Å². The fourth-order valence-corrected chi connectivity index (χ4v) is 6.88. The van der Waals surface area contributed by atoms with Gasteiger partial charge in [0.15, 0.2) is 0 Å². The number of piperazine rings is 1. The summed E-state index contributed by atoms with van der Waals surface area (Å²) < 4.78 is 0. The van der Waals surface area contributed by atoms with Crippen molar-refractivity contribution in [2.45, 2.75) is 96.9 Å². The second-order valence-corrected chi connectivity index (χ2v) is 12.7. The summed E-state index contributed by atoms with van der Waals surface area (Å²) in [6.07, 6.45) is 18.4. The third kappa shape index (κ3) is 9.44. The van der Waals surface area contributed by atoms with E-state index in [0.29, 0.717) is 0 Å². The third-order valence-electron chi connectivity index (χ3n) is 9.49. The predicted molar refractivity (Wildman–Crippen MR) is 168 cm³/mol. The van der Waals surface area contributed by atoms with Gasteiger partial charge in [-0.1, -0.05) is 82.1 Å². The number of benzene rings is 1. The molecule has 1 aromatic carbocycles. The number of nitrogens with one attached hydrogen (secondary N) is 1. The van der Waals surface area contributed by atoms with Gasteiger partial charge in [0.1, 0.15) is 5.82 Å². The van der Waals surface area contributed by atoms with Crippen molar-refractivity contribution in [1.82, 2.24) is 19.8 Å². The topological polar surface area (TPSA) is 47.5 Å². The lowest BCUT2D eigenvalue weighted by Gasteiger charge is -2.36. The van der Waals surface area contributed by atoms with Crippen LogP contribution in [0.3, 0.4) is 0 Å². The maximum atomic E-state index is 4.90. The van der Waals surface area contributed by atoms with E-state index in [4.69, 9.17) is 4.98 Å². The molecule has 0 radical (unpaired) electrons. The van der Waals surface area contributed by atoms with E-state index in [2.05, 4.69) is 62.3 Å². The minimum atomic E-state index is 0.740. The molecule has 3 fully saturated rings. The Hall–Kier alpha value is -2.18. The van der Waals surface area contributed by atoms with Crippen LogP contribution < -0.4 is 10.2 Å². The molecule has 40 heavy (non-hydrogen) atoms. The maximum absolute atomic E-state index is 4.90. The number of rotatable bonds is 14. The van der Waals surface area contributed by atoms with Crippen LogP contribution in [0.4, 0.5) is 11.8 Å². The summed E-state index contributed by atoms with van der Waals surface area (Å²) in [5.74, 6) is 2.84. The summed E-state index contributed by atoms with van der Waals surface area (Å²) in [6.45, 7) is 12.2. The van der Waals surface area contributed by atoms with Crippen LogP contribution in [0.2, 0.25) is 0 Å².